The van der Waals surface area contributed by atoms with Crippen LogP contribution in [-0.2, 0) is 20.1 Å². The number of imidazole rings is 1. The molecule has 2 heterocycles. The summed E-state index contributed by atoms with van der Waals surface area (Å²) in [5, 5.41) is 9.84. The van der Waals surface area contributed by atoms with Crippen LogP contribution in [0.1, 0.15) is 44.9 Å². The van der Waals surface area contributed by atoms with Crippen LogP contribution in [0.2, 0.25) is 0 Å². The first kappa shape index (κ1) is 20.2. The van der Waals surface area contributed by atoms with Crippen molar-refractivity contribution in [3.8, 4) is 0 Å². The second-order valence-corrected chi connectivity index (χ2v) is 8.60. The Bertz CT molecular complexity index is 1020. The van der Waals surface area contributed by atoms with E-state index in [1.54, 1.807) is 17.9 Å². The monoisotopic (exact) mass is 414 g/mol. The molecule has 0 saturated heterocycles. The van der Waals surface area contributed by atoms with E-state index in [0.717, 1.165) is 17.4 Å². The number of aryl methyl sites for hydroxylation is 1. The molecule has 10 heteroatoms. The molecular weight excluding hydrogens is 389 g/mol. The summed E-state index contributed by atoms with van der Waals surface area (Å²) in [6.07, 6.45) is -0.345. The van der Waals surface area contributed by atoms with E-state index in [-0.39, 0.29) is 25.3 Å². The van der Waals surface area contributed by atoms with Gasteiger partial charge in [-0.05, 0) is 50.4 Å². The topological polar surface area (TPSA) is 82.0 Å². The van der Waals surface area contributed by atoms with E-state index in [0.29, 0.717) is 23.6 Å². The van der Waals surface area contributed by atoms with Gasteiger partial charge in [-0.25, -0.2) is 9.78 Å². The Morgan fingerprint density at radius 1 is 1.14 bits per heavy atom. The molecular formula is C19H25F3N4O3. The van der Waals surface area contributed by atoms with Gasteiger partial charge in [-0.15, -0.1) is 0 Å². The van der Waals surface area contributed by atoms with Crippen LogP contribution in [0.15, 0.2) is 15.9 Å². The number of alkyl halides is 3. The molecule has 0 atom stereocenters. The molecule has 2 saturated carbocycles. The van der Waals surface area contributed by atoms with Gasteiger partial charge >= 0.3 is 11.9 Å². The lowest BCUT2D eigenvalue weighted by Gasteiger charge is -2.37. The predicted octanol–water partition coefficient (Wildman–Crippen LogP) is 2.18. The first-order valence-corrected chi connectivity index (χ1v) is 10.0. The van der Waals surface area contributed by atoms with Crippen LogP contribution in [-0.4, -0.2) is 35.6 Å². The molecule has 2 aromatic rings. The molecule has 29 heavy (non-hydrogen) atoms. The molecule has 1 N–H and O–H groups in total. The minimum Gasteiger partial charge on any atom is -0.380 e. The molecule has 7 nitrogen and oxygen atoms in total. The minimum absolute atomic E-state index is 0.0456. The number of hydrogen-bond acceptors (Lipinski definition) is 4. The highest BCUT2D eigenvalue weighted by molar-refractivity contribution is 5.69. The lowest BCUT2D eigenvalue weighted by atomic mass is 9.78. The minimum atomic E-state index is -4.67. The van der Waals surface area contributed by atoms with Crippen molar-refractivity contribution in [3.63, 3.8) is 0 Å². The molecule has 2 fully saturated rings. The number of hydrogen-bond donors (Lipinski definition) is 1. The fourth-order valence-electron chi connectivity index (χ4n) is 4.45. The van der Waals surface area contributed by atoms with Crippen LogP contribution in [0.3, 0.4) is 0 Å². The van der Waals surface area contributed by atoms with Crippen molar-refractivity contribution in [1.29, 1.82) is 0 Å². The number of aliphatic hydroxyl groups is 1. The zero-order chi connectivity index (χ0) is 21.0. The fourth-order valence-corrected chi connectivity index (χ4v) is 4.45. The molecule has 0 bridgehead atoms. The zero-order valence-corrected chi connectivity index (χ0v) is 16.3. The average Bonchev–Trinajstić information content (AvgIpc) is 3.05. The summed E-state index contributed by atoms with van der Waals surface area (Å²) in [6, 6.07) is 0. The van der Waals surface area contributed by atoms with Crippen molar-refractivity contribution in [2.75, 3.05) is 0 Å². The molecule has 0 amide bonds. The largest absolute Gasteiger partial charge is 0.417 e. The van der Waals surface area contributed by atoms with Gasteiger partial charge in [0.1, 0.15) is 0 Å². The van der Waals surface area contributed by atoms with E-state index < -0.39 is 35.9 Å². The third-order valence-electron chi connectivity index (χ3n) is 6.68. The van der Waals surface area contributed by atoms with Gasteiger partial charge in [-0.3, -0.25) is 13.9 Å². The molecule has 2 aliphatic rings. The van der Waals surface area contributed by atoms with Crippen LogP contribution in [0, 0.1) is 11.8 Å². The van der Waals surface area contributed by atoms with Crippen LogP contribution in [0.5, 0.6) is 0 Å². The van der Waals surface area contributed by atoms with Gasteiger partial charge in [0.25, 0.3) is 5.56 Å². The quantitative estimate of drug-likeness (QED) is 0.832. The Morgan fingerprint density at radius 2 is 1.76 bits per heavy atom. The Labute approximate surface area is 164 Å². The Balaban J connectivity index is 1.62. The number of aromatic nitrogens is 4. The highest BCUT2D eigenvalue weighted by Crippen LogP contribution is 2.43. The van der Waals surface area contributed by atoms with Gasteiger partial charge in [0.15, 0.2) is 16.8 Å². The maximum atomic E-state index is 13.1. The molecule has 0 aromatic carbocycles. The third kappa shape index (κ3) is 3.41. The second-order valence-electron chi connectivity index (χ2n) is 8.60. The van der Waals surface area contributed by atoms with Crippen molar-refractivity contribution in [2.24, 2.45) is 18.9 Å². The van der Waals surface area contributed by atoms with Crippen molar-refractivity contribution < 1.29 is 18.3 Å². The standard InChI is InChI=1S/C19H25F3N4O3/c1-24-15-14(25(11-23-15)9-12-3-2-4-12)16(27)26(17(24)28)10-13-5-7-18(29,8-6-13)19(20,21)22/h11-13,29H,2-10H2,1H3. The summed E-state index contributed by atoms with van der Waals surface area (Å²) in [6.45, 7) is 0.718. The predicted molar refractivity (Wildman–Crippen MR) is 99.5 cm³/mol. The smallest absolute Gasteiger partial charge is 0.380 e. The van der Waals surface area contributed by atoms with E-state index >= 15 is 0 Å². The van der Waals surface area contributed by atoms with Gasteiger partial charge in [0, 0.05) is 20.1 Å². The van der Waals surface area contributed by atoms with Gasteiger partial charge in [-0.1, -0.05) is 6.42 Å². The molecule has 0 aliphatic heterocycles. The van der Waals surface area contributed by atoms with Crippen LogP contribution < -0.4 is 11.2 Å². The summed E-state index contributed by atoms with van der Waals surface area (Å²) >= 11 is 0. The van der Waals surface area contributed by atoms with Crippen molar-refractivity contribution >= 4 is 11.2 Å². The Morgan fingerprint density at radius 3 is 2.31 bits per heavy atom. The molecule has 0 radical (unpaired) electrons. The SMILES string of the molecule is Cn1c(=O)n(CC2CCC(O)(C(F)(F)F)CC2)c(=O)c2c1ncn2CC1CCC1. The van der Waals surface area contributed by atoms with Crippen molar-refractivity contribution in [3.05, 3.63) is 27.2 Å². The van der Waals surface area contributed by atoms with E-state index in [9.17, 15) is 27.9 Å². The fraction of sp³-hybridized carbons (Fsp3) is 0.737. The van der Waals surface area contributed by atoms with Crippen LogP contribution in [0.25, 0.3) is 11.2 Å². The molecule has 4 rings (SSSR count). The maximum absolute atomic E-state index is 13.1. The number of rotatable bonds is 4. The first-order chi connectivity index (χ1) is 13.6. The lowest BCUT2D eigenvalue weighted by Crippen LogP contribution is -2.49. The molecule has 0 spiro atoms. The summed E-state index contributed by atoms with van der Waals surface area (Å²) < 4.78 is 43.3. The molecule has 160 valence electrons. The van der Waals surface area contributed by atoms with Gasteiger partial charge in [0.2, 0.25) is 0 Å². The van der Waals surface area contributed by atoms with Gasteiger partial charge < -0.3 is 9.67 Å². The molecule has 0 unspecified atom stereocenters. The van der Waals surface area contributed by atoms with E-state index in [2.05, 4.69) is 4.98 Å². The zero-order valence-electron chi connectivity index (χ0n) is 16.3. The summed E-state index contributed by atoms with van der Waals surface area (Å²) in [5.74, 6) is 0.222. The molecule has 2 aromatic heterocycles. The highest BCUT2D eigenvalue weighted by atomic mass is 19.4. The van der Waals surface area contributed by atoms with Crippen LogP contribution >= 0.6 is 0 Å². The van der Waals surface area contributed by atoms with Gasteiger partial charge in [-0.2, -0.15) is 13.2 Å². The summed E-state index contributed by atoms with van der Waals surface area (Å²) in [7, 11) is 1.55. The average molecular weight is 414 g/mol. The Kier molecular flexibility index (Phi) is 4.87. The Hall–Kier alpha value is -2.10. The number of nitrogens with zero attached hydrogens (tertiary/aromatic N) is 4. The normalized spacial score (nSPS) is 26.0. The number of halogens is 3. The van der Waals surface area contributed by atoms with E-state index in [1.807, 2.05) is 0 Å². The van der Waals surface area contributed by atoms with Crippen molar-refractivity contribution in [2.45, 2.75) is 69.8 Å². The maximum Gasteiger partial charge on any atom is 0.417 e. The van der Waals surface area contributed by atoms with Crippen LogP contribution in [0.4, 0.5) is 13.2 Å². The third-order valence-corrected chi connectivity index (χ3v) is 6.68. The van der Waals surface area contributed by atoms with E-state index in [1.165, 1.54) is 11.0 Å². The van der Waals surface area contributed by atoms with Gasteiger partial charge in [0.05, 0.1) is 6.33 Å². The van der Waals surface area contributed by atoms with Crippen molar-refractivity contribution in [1.82, 2.24) is 18.7 Å². The summed E-state index contributed by atoms with van der Waals surface area (Å²) in [5.41, 5.74) is -2.96. The highest BCUT2D eigenvalue weighted by Gasteiger charge is 2.54. The summed E-state index contributed by atoms with van der Waals surface area (Å²) in [4.78, 5) is 30.0. The second kappa shape index (κ2) is 7.00. The number of fused-ring (bicyclic) bond motifs is 1. The first-order valence-electron chi connectivity index (χ1n) is 10.0. The molecule has 2 aliphatic carbocycles. The lowest BCUT2D eigenvalue weighted by molar-refractivity contribution is -0.272. The van der Waals surface area contributed by atoms with E-state index in [4.69, 9.17) is 0 Å².